The van der Waals surface area contributed by atoms with Gasteiger partial charge in [0.2, 0.25) is 0 Å². The fraction of sp³-hybridized carbons (Fsp3) is 0.333. The monoisotopic (exact) mass is 450 g/mol. The van der Waals surface area contributed by atoms with E-state index in [1.54, 1.807) is 35.3 Å². The lowest BCUT2D eigenvalue weighted by atomic mass is 10.7. The summed E-state index contributed by atoms with van der Waals surface area (Å²) >= 11 is 5.24. The van der Waals surface area contributed by atoms with Gasteiger partial charge >= 0.3 is 0 Å². The van der Waals surface area contributed by atoms with Crippen LogP contribution in [-0.4, -0.2) is 21.0 Å². The molecule has 0 unspecified atom stereocenters. The second kappa shape index (κ2) is 20.2. The van der Waals surface area contributed by atoms with Gasteiger partial charge in [0.25, 0.3) is 0 Å². The molecule has 120 valence electrons. The van der Waals surface area contributed by atoms with Crippen LogP contribution >= 0.6 is 100 Å². The molecule has 0 aromatic carbocycles. The first-order valence-electron chi connectivity index (χ1n) is 5.53. The van der Waals surface area contributed by atoms with Crippen molar-refractivity contribution in [1.82, 2.24) is 0 Å². The van der Waals surface area contributed by atoms with Gasteiger partial charge in [0, 0.05) is 10.7 Å². The standard InChI is InChI=1S/C12H18S9/c1-4-13-9-18-16-7-12(21-20-11-15-6-3)8-17-19-10-14-5-2/h4-7H,1-3,8-11H2. The average molecular weight is 451 g/mol. The Balaban J connectivity index is 3.93. The molecular formula is C12H18S9. The molecule has 0 aromatic rings. The number of thioether (sulfide) groups is 3. The van der Waals surface area contributed by atoms with E-state index in [2.05, 4.69) is 25.1 Å². The molecule has 0 fully saturated rings. The van der Waals surface area contributed by atoms with Gasteiger partial charge in [-0.25, -0.2) is 0 Å². The molecule has 0 spiro atoms. The third-order valence-corrected chi connectivity index (χ3v) is 12.1. The summed E-state index contributed by atoms with van der Waals surface area (Å²) < 4.78 is 0. The van der Waals surface area contributed by atoms with E-state index in [1.165, 1.54) is 4.91 Å². The molecule has 0 saturated carbocycles. The van der Waals surface area contributed by atoms with Crippen molar-refractivity contribution in [1.29, 1.82) is 0 Å². The van der Waals surface area contributed by atoms with E-state index < -0.39 is 0 Å². The van der Waals surface area contributed by atoms with Gasteiger partial charge in [-0.1, -0.05) is 84.5 Å². The van der Waals surface area contributed by atoms with Crippen LogP contribution in [0, 0.1) is 0 Å². The molecule has 0 rings (SSSR count). The summed E-state index contributed by atoms with van der Waals surface area (Å²) in [5.41, 5.74) is 0. The lowest BCUT2D eigenvalue weighted by molar-refractivity contribution is 1.77. The highest BCUT2D eigenvalue weighted by molar-refractivity contribution is 8.81. The molecule has 0 aliphatic carbocycles. The van der Waals surface area contributed by atoms with Gasteiger partial charge in [0.1, 0.15) is 0 Å². The third-order valence-electron chi connectivity index (χ3n) is 1.40. The zero-order valence-corrected chi connectivity index (χ0v) is 18.8. The van der Waals surface area contributed by atoms with Gasteiger partial charge in [-0.3, -0.25) is 0 Å². The topological polar surface area (TPSA) is 0 Å². The Bertz CT molecular complexity index is 303. The van der Waals surface area contributed by atoms with Crippen LogP contribution < -0.4 is 0 Å². The summed E-state index contributed by atoms with van der Waals surface area (Å²) in [5, 5.41) is 11.1. The average Bonchev–Trinajstić information content (AvgIpc) is 2.50. The molecule has 0 nitrogen and oxygen atoms in total. The first-order valence-corrected chi connectivity index (χ1v) is 15.9. The summed E-state index contributed by atoms with van der Waals surface area (Å²) in [5.74, 6) is 1.06. The molecule has 0 heterocycles. The SMILES string of the molecule is C=CSCSSC=C(CSSCSC=C)SSCSC=C. The molecule has 0 bridgehead atoms. The van der Waals surface area contributed by atoms with Crippen LogP contribution in [0.3, 0.4) is 0 Å². The molecule has 0 radical (unpaired) electrons. The van der Waals surface area contributed by atoms with Crippen LogP contribution in [0.15, 0.2) is 46.3 Å². The molecule has 0 aliphatic rings. The third kappa shape index (κ3) is 18.3. The molecule has 0 aliphatic heterocycles. The van der Waals surface area contributed by atoms with Gasteiger partial charge in [0.05, 0.1) is 15.3 Å². The first kappa shape index (κ1) is 23.1. The molecule has 21 heavy (non-hydrogen) atoms. The van der Waals surface area contributed by atoms with Crippen LogP contribution in [0.4, 0.5) is 0 Å². The summed E-state index contributed by atoms with van der Waals surface area (Å²) in [7, 11) is 11.2. The Morgan fingerprint density at radius 1 is 0.714 bits per heavy atom. The minimum atomic E-state index is 1.04. The van der Waals surface area contributed by atoms with Crippen LogP contribution in [0.2, 0.25) is 0 Å². The Morgan fingerprint density at radius 3 is 1.90 bits per heavy atom. The Morgan fingerprint density at radius 2 is 1.29 bits per heavy atom. The van der Waals surface area contributed by atoms with Crippen molar-refractivity contribution in [2.24, 2.45) is 0 Å². The smallest absolute Gasteiger partial charge is 0.0540 e. The van der Waals surface area contributed by atoms with Crippen molar-refractivity contribution in [3.05, 3.63) is 46.3 Å². The maximum Gasteiger partial charge on any atom is 0.0540 e. The van der Waals surface area contributed by atoms with Crippen molar-refractivity contribution in [3.63, 3.8) is 0 Å². The molecular weight excluding hydrogens is 433 g/mol. The van der Waals surface area contributed by atoms with Crippen molar-refractivity contribution in [3.8, 4) is 0 Å². The van der Waals surface area contributed by atoms with Crippen LogP contribution in [-0.2, 0) is 0 Å². The minimum Gasteiger partial charge on any atom is -0.123 e. The normalized spacial score (nSPS) is 11.3. The predicted octanol–water partition coefficient (Wildman–Crippen LogP) is 8.47. The van der Waals surface area contributed by atoms with E-state index in [1.807, 2.05) is 81.0 Å². The van der Waals surface area contributed by atoms with Crippen molar-refractivity contribution < 1.29 is 0 Å². The van der Waals surface area contributed by atoms with Crippen molar-refractivity contribution in [2.75, 3.05) is 21.0 Å². The highest BCUT2D eigenvalue weighted by Crippen LogP contribution is 2.40. The molecule has 0 N–H and O–H groups in total. The van der Waals surface area contributed by atoms with E-state index in [0.29, 0.717) is 0 Å². The molecule has 0 amide bonds. The maximum absolute atomic E-state index is 3.72. The fourth-order valence-corrected chi connectivity index (χ4v) is 10.5. The molecule has 0 saturated heterocycles. The largest absolute Gasteiger partial charge is 0.123 e. The van der Waals surface area contributed by atoms with Crippen LogP contribution in [0.5, 0.6) is 0 Å². The quantitative estimate of drug-likeness (QED) is 0.128. The maximum atomic E-state index is 3.72. The van der Waals surface area contributed by atoms with Crippen LogP contribution in [0.1, 0.15) is 0 Å². The Labute approximate surface area is 165 Å². The minimum absolute atomic E-state index is 1.04. The predicted molar refractivity (Wildman–Crippen MR) is 126 cm³/mol. The van der Waals surface area contributed by atoms with Crippen LogP contribution in [0.25, 0.3) is 0 Å². The van der Waals surface area contributed by atoms with E-state index in [-0.39, 0.29) is 0 Å². The molecule has 0 atom stereocenters. The first-order chi connectivity index (χ1) is 10.3. The molecule has 0 aromatic heterocycles. The lowest BCUT2D eigenvalue weighted by Gasteiger charge is -2.05. The van der Waals surface area contributed by atoms with E-state index in [4.69, 9.17) is 0 Å². The van der Waals surface area contributed by atoms with E-state index in [9.17, 15) is 0 Å². The lowest BCUT2D eigenvalue weighted by Crippen LogP contribution is -1.78. The summed E-state index contributed by atoms with van der Waals surface area (Å²) in [6, 6.07) is 0. The fourth-order valence-electron chi connectivity index (χ4n) is 0.654. The number of hydrogen-bond donors (Lipinski definition) is 0. The van der Waals surface area contributed by atoms with Gasteiger partial charge in [-0.15, -0.1) is 35.3 Å². The number of hydrogen-bond acceptors (Lipinski definition) is 9. The summed E-state index contributed by atoms with van der Waals surface area (Å²) in [6.07, 6.45) is 0. The second-order valence-electron chi connectivity index (χ2n) is 2.73. The van der Waals surface area contributed by atoms with E-state index >= 15 is 0 Å². The highest BCUT2D eigenvalue weighted by Gasteiger charge is 2.01. The van der Waals surface area contributed by atoms with Crippen molar-refractivity contribution >= 4 is 100 Å². The molecule has 9 heteroatoms. The second-order valence-corrected chi connectivity index (χ2v) is 13.8. The zero-order valence-electron chi connectivity index (χ0n) is 11.4. The van der Waals surface area contributed by atoms with Gasteiger partial charge < -0.3 is 0 Å². The van der Waals surface area contributed by atoms with Gasteiger partial charge in [-0.2, -0.15) is 0 Å². The number of rotatable bonds is 16. The summed E-state index contributed by atoms with van der Waals surface area (Å²) in [4.78, 5) is 1.42. The zero-order chi connectivity index (χ0) is 15.6. The Hall–Kier alpha value is 2.11. The van der Waals surface area contributed by atoms with Gasteiger partial charge in [-0.05, 0) is 21.6 Å². The van der Waals surface area contributed by atoms with E-state index in [0.717, 1.165) is 21.0 Å². The summed E-state index contributed by atoms with van der Waals surface area (Å²) in [6.45, 7) is 11.1. The highest BCUT2D eigenvalue weighted by atomic mass is 33.1. The van der Waals surface area contributed by atoms with Gasteiger partial charge in [0.15, 0.2) is 0 Å². The Kier molecular flexibility index (Phi) is 22.2. The van der Waals surface area contributed by atoms with Crippen molar-refractivity contribution in [2.45, 2.75) is 0 Å².